The molecular weight excluding hydrogens is 196 g/mol. The summed E-state index contributed by atoms with van der Waals surface area (Å²) in [5.41, 5.74) is 0. The zero-order valence-corrected chi connectivity index (χ0v) is 9.82. The molecule has 4 heteroatoms. The minimum Gasteiger partial charge on any atom is -0.353 e. The van der Waals surface area contributed by atoms with Gasteiger partial charge in [0.1, 0.15) is 0 Å². The lowest BCUT2D eigenvalue weighted by molar-refractivity contribution is -0.122. The van der Waals surface area contributed by atoms with Gasteiger partial charge in [-0.25, -0.2) is 0 Å². The summed E-state index contributed by atoms with van der Waals surface area (Å²) < 4.78 is 0. The molecule has 1 aliphatic rings. The monoisotopic (exact) mass is 216 g/mol. The van der Waals surface area contributed by atoms with Gasteiger partial charge in [0.2, 0.25) is 5.91 Å². The van der Waals surface area contributed by atoms with Gasteiger partial charge in [-0.15, -0.1) is 0 Å². The van der Waals surface area contributed by atoms with Gasteiger partial charge in [-0.05, 0) is 31.7 Å². The van der Waals surface area contributed by atoms with Crippen molar-refractivity contribution in [3.8, 4) is 0 Å². The second-order valence-corrected chi connectivity index (χ2v) is 5.18. The first-order chi connectivity index (χ1) is 6.72. The number of nitrogens with one attached hydrogen (secondary N) is 2. The molecule has 3 nitrogen and oxygen atoms in total. The first kappa shape index (κ1) is 11.9. The highest BCUT2D eigenvalue weighted by molar-refractivity contribution is 7.99. The highest BCUT2D eigenvalue weighted by Crippen LogP contribution is 2.08. The topological polar surface area (TPSA) is 41.1 Å². The molecule has 1 aliphatic heterocycles. The van der Waals surface area contributed by atoms with E-state index in [0.717, 1.165) is 24.6 Å². The quantitative estimate of drug-likeness (QED) is 0.692. The molecule has 1 heterocycles. The van der Waals surface area contributed by atoms with E-state index in [1.807, 2.05) is 11.8 Å². The zero-order valence-electron chi connectivity index (χ0n) is 9.01. The largest absolute Gasteiger partial charge is 0.353 e. The molecule has 0 bridgehead atoms. The molecule has 1 amide bonds. The number of rotatable bonds is 6. The smallest absolute Gasteiger partial charge is 0.220 e. The van der Waals surface area contributed by atoms with Crippen LogP contribution in [0.15, 0.2) is 0 Å². The van der Waals surface area contributed by atoms with Crippen molar-refractivity contribution in [2.24, 2.45) is 5.92 Å². The lowest BCUT2D eigenvalue weighted by Crippen LogP contribution is -2.45. The predicted octanol–water partition coefficient (Wildman–Crippen LogP) is 0.854. The first-order valence-corrected chi connectivity index (χ1v) is 6.45. The highest BCUT2D eigenvalue weighted by Gasteiger charge is 2.20. The van der Waals surface area contributed by atoms with Crippen LogP contribution in [-0.4, -0.2) is 36.5 Å². The molecule has 14 heavy (non-hydrogen) atoms. The van der Waals surface area contributed by atoms with E-state index in [1.54, 1.807) is 0 Å². The van der Waals surface area contributed by atoms with Gasteiger partial charge in [0, 0.05) is 18.2 Å². The lowest BCUT2D eigenvalue weighted by atomic mass is 9.99. The van der Waals surface area contributed by atoms with E-state index >= 15 is 0 Å². The van der Waals surface area contributed by atoms with Crippen molar-refractivity contribution in [2.45, 2.75) is 26.3 Å². The molecule has 1 rings (SSSR count). The van der Waals surface area contributed by atoms with Crippen molar-refractivity contribution >= 4 is 17.7 Å². The third kappa shape index (κ3) is 4.33. The molecule has 1 saturated heterocycles. The predicted molar refractivity (Wildman–Crippen MR) is 61.6 cm³/mol. The van der Waals surface area contributed by atoms with Crippen LogP contribution in [0.25, 0.3) is 0 Å². The summed E-state index contributed by atoms with van der Waals surface area (Å²) in [4.78, 5) is 11.5. The number of carbonyl (C=O) groups excluding carboxylic acids is 1. The number of carbonyl (C=O) groups is 1. The van der Waals surface area contributed by atoms with Gasteiger partial charge in [-0.2, -0.15) is 11.8 Å². The average Bonchev–Trinajstić information content (AvgIpc) is 2.08. The Kier molecular flexibility index (Phi) is 5.33. The summed E-state index contributed by atoms with van der Waals surface area (Å²) in [5.74, 6) is 2.92. The second-order valence-electron chi connectivity index (χ2n) is 3.86. The van der Waals surface area contributed by atoms with Crippen molar-refractivity contribution in [1.82, 2.24) is 10.6 Å². The van der Waals surface area contributed by atoms with Gasteiger partial charge in [-0.3, -0.25) is 4.79 Å². The summed E-state index contributed by atoms with van der Waals surface area (Å²) in [5, 5.41) is 6.20. The SMILES string of the molecule is CCSCC(C)NC(=O)CC1CNC1. The third-order valence-corrected chi connectivity index (χ3v) is 3.46. The van der Waals surface area contributed by atoms with E-state index in [1.165, 1.54) is 0 Å². The molecule has 82 valence electrons. The molecule has 1 fully saturated rings. The van der Waals surface area contributed by atoms with Gasteiger partial charge < -0.3 is 10.6 Å². The fourth-order valence-electron chi connectivity index (χ4n) is 1.43. The standard InChI is InChI=1S/C10H20N2OS/c1-3-14-7-8(2)12-10(13)4-9-5-11-6-9/h8-9,11H,3-7H2,1-2H3,(H,12,13). The summed E-state index contributed by atoms with van der Waals surface area (Å²) in [7, 11) is 0. The summed E-state index contributed by atoms with van der Waals surface area (Å²) in [6.45, 7) is 6.22. The van der Waals surface area contributed by atoms with Crippen LogP contribution >= 0.6 is 11.8 Å². The van der Waals surface area contributed by atoms with Crippen LogP contribution in [0.1, 0.15) is 20.3 Å². The van der Waals surface area contributed by atoms with Gasteiger partial charge in [0.05, 0.1) is 0 Å². The summed E-state index contributed by atoms with van der Waals surface area (Å²) in [6, 6.07) is 0.306. The molecular formula is C10H20N2OS. The summed E-state index contributed by atoms with van der Waals surface area (Å²) >= 11 is 1.87. The van der Waals surface area contributed by atoms with Crippen LogP contribution < -0.4 is 10.6 Å². The molecule has 0 aromatic heterocycles. The van der Waals surface area contributed by atoms with E-state index < -0.39 is 0 Å². The van der Waals surface area contributed by atoms with E-state index in [2.05, 4.69) is 24.5 Å². The van der Waals surface area contributed by atoms with Gasteiger partial charge in [0.25, 0.3) is 0 Å². The number of amides is 1. The van der Waals surface area contributed by atoms with Crippen molar-refractivity contribution < 1.29 is 4.79 Å². The maximum absolute atomic E-state index is 11.5. The van der Waals surface area contributed by atoms with Crippen molar-refractivity contribution in [3.63, 3.8) is 0 Å². The zero-order chi connectivity index (χ0) is 10.4. The third-order valence-electron chi connectivity index (χ3n) is 2.32. The molecule has 0 spiro atoms. The minimum atomic E-state index is 0.209. The van der Waals surface area contributed by atoms with Crippen LogP contribution in [0.2, 0.25) is 0 Å². The highest BCUT2D eigenvalue weighted by atomic mass is 32.2. The Morgan fingerprint density at radius 3 is 2.86 bits per heavy atom. The van der Waals surface area contributed by atoms with E-state index in [-0.39, 0.29) is 5.91 Å². The van der Waals surface area contributed by atoms with E-state index in [0.29, 0.717) is 18.4 Å². The van der Waals surface area contributed by atoms with Gasteiger partial charge in [-0.1, -0.05) is 6.92 Å². The molecule has 1 unspecified atom stereocenters. The lowest BCUT2D eigenvalue weighted by Gasteiger charge is -2.26. The van der Waals surface area contributed by atoms with Crippen LogP contribution in [0.4, 0.5) is 0 Å². The maximum atomic E-state index is 11.5. The van der Waals surface area contributed by atoms with Crippen molar-refractivity contribution in [3.05, 3.63) is 0 Å². The fourth-order valence-corrected chi connectivity index (χ4v) is 2.10. The molecule has 0 saturated carbocycles. The molecule has 0 radical (unpaired) electrons. The number of hydrogen-bond acceptors (Lipinski definition) is 3. The van der Waals surface area contributed by atoms with Crippen molar-refractivity contribution in [1.29, 1.82) is 0 Å². The molecule has 0 aromatic rings. The minimum absolute atomic E-state index is 0.209. The van der Waals surface area contributed by atoms with Crippen LogP contribution in [0.3, 0.4) is 0 Å². The Bertz CT molecular complexity index is 183. The van der Waals surface area contributed by atoms with E-state index in [4.69, 9.17) is 0 Å². The Morgan fingerprint density at radius 2 is 2.36 bits per heavy atom. The molecule has 0 aromatic carbocycles. The average molecular weight is 216 g/mol. The first-order valence-electron chi connectivity index (χ1n) is 5.30. The van der Waals surface area contributed by atoms with Crippen molar-refractivity contribution in [2.75, 3.05) is 24.6 Å². The van der Waals surface area contributed by atoms with Gasteiger partial charge >= 0.3 is 0 Å². The molecule has 2 N–H and O–H groups in total. The Labute approximate surface area is 90.4 Å². The molecule has 0 aliphatic carbocycles. The Hall–Kier alpha value is -0.220. The van der Waals surface area contributed by atoms with Crippen LogP contribution in [-0.2, 0) is 4.79 Å². The summed E-state index contributed by atoms with van der Waals surface area (Å²) in [6.07, 6.45) is 0.689. The Balaban J connectivity index is 2.05. The number of thioether (sulfide) groups is 1. The second kappa shape index (κ2) is 6.30. The van der Waals surface area contributed by atoms with Crippen LogP contribution in [0.5, 0.6) is 0 Å². The molecule has 1 atom stereocenters. The normalized spacial score (nSPS) is 18.7. The van der Waals surface area contributed by atoms with Gasteiger partial charge in [0.15, 0.2) is 0 Å². The van der Waals surface area contributed by atoms with Crippen LogP contribution in [0, 0.1) is 5.92 Å². The number of hydrogen-bond donors (Lipinski definition) is 2. The Morgan fingerprint density at radius 1 is 1.64 bits per heavy atom. The maximum Gasteiger partial charge on any atom is 0.220 e. The van der Waals surface area contributed by atoms with E-state index in [9.17, 15) is 4.79 Å². The fraction of sp³-hybridized carbons (Fsp3) is 0.900.